The first-order chi connectivity index (χ1) is 9.06. The molecule has 1 heterocycles. The third kappa shape index (κ3) is 2.90. The zero-order valence-electron chi connectivity index (χ0n) is 11.4. The van der Waals surface area contributed by atoms with E-state index < -0.39 is 5.60 Å². The van der Waals surface area contributed by atoms with Crippen LogP contribution in [-0.4, -0.2) is 48.8 Å². The first-order valence-electron chi connectivity index (χ1n) is 7.00. The van der Waals surface area contributed by atoms with Crippen LogP contribution in [0.2, 0.25) is 0 Å². The molecule has 0 atom stereocenters. The van der Waals surface area contributed by atoms with Crippen molar-refractivity contribution in [3.63, 3.8) is 0 Å². The third-order valence-electron chi connectivity index (χ3n) is 4.22. The maximum Gasteiger partial charge on any atom is 0.146 e. The number of benzene rings is 1. The van der Waals surface area contributed by atoms with E-state index in [4.69, 9.17) is 0 Å². The predicted molar refractivity (Wildman–Crippen MR) is 74.0 cm³/mol. The highest BCUT2D eigenvalue weighted by Gasteiger charge is 2.40. The average molecular weight is 264 g/mol. The third-order valence-corrected chi connectivity index (χ3v) is 4.22. The summed E-state index contributed by atoms with van der Waals surface area (Å²) in [5, 5.41) is 9.88. The number of hydrogen-bond donors (Lipinski definition) is 1. The molecule has 1 aromatic rings. The van der Waals surface area contributed by atoms with Crippen LogP contribution in [0.3, 0.4) is 0 Å². The zero-order chi connectivity index (χ0) is 13.5. The predicted octanol–water partition coefficient (Wildman–Crippen LogP) is 1.64. The molecular formula is C15H21FN2O. The van der Waals surface area contributed by atoms with E-state index in [0.29, 0.717) is 12.1 Å². The van der Waals surface area contributed by atoms with Gasteiger partial charge in [-0.2, -0.15) is 0 Å². The highest BCUT2D eigenvalue weighted by Crippen LogP contribution is 2.38. The number of nitrogens with zero attached hydrogens (tertiary/aromatic N) is 2. The van der Waals surface area contributed by atoms with Crippen LogP contribution in [0.4, 0.5) is 10.1 Å². The summed E-state index contributed by atoms with van der Waals surface area (Å²) in [5.41, 5.74) is 1.04. The van der Waals surface area contributed by atoms with Crippen LogP contribution in [0.25, 0.3) is 0 Å². The van der Waals surface area contributed by atoms with Crippen LogP contribution in [-0.2, 0) is 6.42 Å². The van der Waals surface area contributed by atoms with Crippen molar-refractivity contribution in [3.8, 4) is 0 Å². The number of halogens is 1. The van der Waals surface area contributed by atoms with Crippen molar-refractivity contribution in [1.29, 1.82) is 0 Å². The van der Waals surface area contributed by atoms with Crippen molar-refractivity contribution in [1.82, 2.24) is 4.90 Å². The van der Waals surface area contributed by atoms with E-state index in [1.165, 1.54) is 0 Å². The van der Waals surface area contributed by atoms with E-state index in [0.717, 1.165) is 44.6 Å². The van der Waals surface area contributed by atoms with Gasteiger partial charge in [0.25, 0.3) is 0 Å². The van der Waals surface area contributed by atoms with Gasteiger partial charge in [0, 0.05) is 32.6 Å². The van der Waals surface area contributed by atoms with E-state index in [1.807, 2.05) is 12.1 Å². The van der Waals surface area contributed by atoms with E-state index in [-0.39, 0.29) is 5.82 Å². The Bertz CT molecular complexity index is 465. The number of rotatable bonds is 3. The Morgan fingerprint density at radius 2 is 1.89 bits per heavy atom. The fraction of sp³-hybridized carbons (Fsp3) is 0.600. The lowest BCUT2D eigenvalue weighted by Crippen LogP contribution is -2.44. The van der Waals surface area contributed by atoms with Gasteiger partial charge in [-0.1, -0.05) is 6.07 Å². The molecule has 0 unspecified atom stereocenters. The molecule has 4 heteroatoms. The molecule has 19 heavy (non-hydrogen) atoms. The molecule has 1 N–H and O–H groups in total. The lowest BCUT2D eigenvalue weighted by Gasteiger charge is -2.34. The maximum absolute atomic E-state index is 14.2. The Morgan fingerprint density at radius 1 is 1.21 bits per heavy atom. The van der Waals surface area contributed by atoms with Crippen LogP contribution in [0.1, 0.15) is 18.4 Å². The van der Waals surface area contributed by atoms with Gasteiger partial charge in [0.2, 0.25) is 0 Å². The zero-order valence-corrected chi connectivity index (χ0v) is 11.4. The molecule has 1 aliphatic heterocycles. The Morgan fingerprint density at radius 3 is 2.47 bits per heavy atom. The van der Waals surface area contributed by atoms with Crippen molar-refractivity contribution in [3.05, 3.63) is 29.6 Å². The fourth-order valence-electron chi connectivity index (χ4n) is 2.67. The van der Waals surface area contributed by atoms with Crippen molar-refractivity contribution < 1.29 is 9.50 Å². The molecule has 0 bridgehead atoms. The van der Waals surface area contributed by atoms with Crippen molar-refractivity contribution in [2.24, 2.45) is 0 Å². The second kappa shape index (κ2) is 4.76. The van der Waals surface area contributed by atoms with Crippen LogP contribution in [0.5, 0.6) is 0 Å². The van der Waals surface area contributed by atoms with E-state index in [2.05, 4.69) is 16.8 Å². The highest BCUT2D eigenvalue weighted by atomic mass is 19.1. The monoisotopic (exact) mass is 264 g/mol. The molecular weight excluding hydrogens is 243 g/mol. The van der Waals surface area contributed by atoms with E-state index in [9.17, 15) is 9.50 Å². The summed E-state index contributed by atoms with van der Waals surface area (Å²) in [4.78, 5) is 4.36. The molecule has 0 amide bonds. The summed E-state index contributed by atoms with van der Waals surface area (Å²) in [5.74, 6) is -0.161. The van der Waals surface area contributed by atoms with Gasteiger partial charge >= 0.3 is 0 Å². The van der Waals surface area contributed by atoms with E-state index >= 15 is 0 Å². The largest absolute Gasteiger partial charge is 0.390 e. The standard InChI is InChI=1S/C15H21FN2O/c1-17-6-8-18(9-7-17)14-3-2-12(10-13(14)16)11-15(19)4-5-15/h2-3,10,19H,4-9,11H2,1H3. The summed E-state index contributed by atoms with van der Waals surface area (Å²) < 4.78 is 14.2. The van der Waals surface area contributed by atoms with Crippen LogP contribution in [0, 0.1) is 5.82 Å². The summed E-state index contributed by atoms with van der Waals surface area (Å²) in [6, 6.07) is 5.40. The Labute approximate surface area is 113 Å². The minimum absolute atomic E-state index is 0.161. The normalized spacial score (nSPS) is 22.6. The minimum Gasteiger partial charge on any atom is -0.390 e. The fourth-order valence-corrected chi connectivity index (χ4v) is 2.67. The number of likely N-dealkylation sites (N-methyl/N-ethyl adjacent to an activating group) is 1. The molecule has 3 nitrogen and oxygen atoms in total. The molecule has 2 aliphatic rings. The van der Waals surface area contributed by atoms with Gasteiger partial charge in [-0.25, -0.2) is 4.39 Å². The molecule has 1 saturated carbocycles. The summed E-state index contributed by atoms with van der Waals surface area (Å²) in [6.07, 6.45) is 2.26. The summed E-state index contributed by atoms with van der Waals surface area (Å²) in [7, 11) is 2.09. The number of piperazine rings is 1. The summed E-state index contributed by atoms with van der Waals surface area (Å²) >= 11 is 0. The van der Waals surface area contributed by atoms with Crippen LogP contribution < -0.4 is 4.90 Å². The second-order valence-corrected chi connectivity index (χ2v) is 5.98. The van der Waals surface area contributed by atoms with Gasteiger partial charge in [0.1, 0.15) is 5.82 Å². The van der Waals surface area contributed by atoms with Gasteiger partial charge in [0.05, 0.1) is 11.3 Å². The second-order valence-electron chi connectivity index (χ2n) is 5.98. The van der Waals surface area contributed by atoms with Crippen LogP contribution >= 0.6 is 0 Å². The molecule has 104 valence electrons. The van der Waals surface area contributed by atoms with Gasteiger partial charge in [-0.15, -0.1) is 0 Å². The van der Waals surface area contributed by atoms with Gasteiger partial charge in [0.15, 0.2) is 0 Å². The Balaban J connectivity index is 1.72. The molecule has 1 saturated heterocycles. The molecule has 2 fully saturated rings. The smallest absolute Gasteiger partial charge is 0.146 e. The lowest BCUT2D eigenvalue weighted by molar-refractivity contribution is 0.151. The molecule has 1 aliphatic carbocycles. The Kier molecular flexibility index (Phi) is 3.23. The quantitative estimate of drug-likeness (QED) is 0.899. The highest BCUT2D eigenvalue weighted by molar-refractivity contribution is 5.50. The minimum atomic E-state index is -0.554. The number of anilines is 1. The molecule has 1 aromatic carbocycles. The van der Waals surface area contributed by atoms with E-state index in [1.54, 1.807) is 6.07 Å². The lowest BCUT2D eigenvalue weighted by atomic mass is 10.1. The number of aliphatic hydroxyl groups is 1. The average Bonchev–Trinajstić information content (AvgIpc) is 3.08. The SMILES string of the molecule is CN1CCN(c2ccc(CC3(O)CC3)cc2F)CC1. The molecule has 0 spiro atoms. The molecule has 3 rings (SSSR count). The number of hydrogen-bond acceptors (Lipinski definition) is 3. The van der Waals surface area contributed by atoms with Gasteiger partial charge < -0.3 is 14.9 Å². The van der Waals surface area contributed by atoms with Crippen molar-refractivity contribution >= 4 is 5.69 Å². The topological polar surface area (TPSA) is 26.7 Å². The van der Waals surface area contributed by atoms with Crippen molar-refractivity contribution in [2.45, 2.75) is 24.9 Å². The molecule has 0 aromatic heterocycles. The van der Waals surface area contributed by atoms with Crippen molar-refractivity contribution in [2.75, 3.05) is 38.1 Å². The van der Waals surface area contributed by atoms with Gasteiger partial charge in [-0.3, -0.25) is 0 Å². The van der Waals surface area contributed by atoms with Gasteiger partial charge in [-0.05, 0) is 37.6 Å². The van der Waals surface area contributed by atoms with Crippen LogP contribution in [0.15, 0.2) is 18.2 Å². The first kappa shape index (κ1) is 12.9. The maximum atomic E-state index is 14.2. The first-order valence-corrected chi connectivity index (χ1v) is 7.00. The molecule has 0 radical (unpaired) electrons. The Hall–Kier alpha value is -1.13. The summed E-state index contributed by atoms with van der Waals surface area (Å²) in [6.45, 7) is 3.69.